The van der Waals surface area contributed by atoms with Crippen molar-refractivity contribution < 1.29 is 32.1 Å². The summed E-state index contributed by atoms with van der Waals surface area (Å²) in [4.78, 5) is 46.4. The van der Waals surface area contributed by atoms with E-state index >= 15 is 0 Å². The fraction of sp³-hybridized carbons (Fsp3) is 0.514. The summed E-state index contributed by atoms with van der Waals surface area (Å²) in [5.74, 6) is -0.0646. The van der Waals surface area contributed by atoms with Crippen molar-refractivity contribution in [2.45, 2.75) is 102 Å². The van der Waals surface area contributed by atoms with E-state index in [0.717, 1.165) is 25.0 Å². The molecule has 54 heavy (non-hydrogen) atoms. The zero-order valence-electron chi connectivity index (χ0n) is 30.4. The monoisotopic (exact) mass is 788 g/mol. The highest BCUT2D eigenvalue weighted by Gasteiger charge is 2.67. The van der Waals surface area contributed by atoms with E-state index in [0.29, 0.717) is 29.0 Å². The molecule has 2 aromatic carbocycles. The first-order valence-corrected chi connectivity index (χ1v) is 18.8. The molecule has 4 fully saturated rings. The molecular weight excluding hydrogens is 747 g/mol. The highest BCUT2D eigenvalue weighted by Crippen LogP contribution is 2.64. The summed E-state index contributed by atoms with van der Waals surface area (Å²) < 4.78 is 54.4. The third-order valence-corrected chi connectivity index (χ3v) is 12.7. The van der Waals surface area contributed by atoms with E-state index in [1.54, 1.807) is 13.0 Å². The summed E-state index contributed by atoms with van der Waals surface area (Å²) >= 11 is 12.2. The number of rotatable bonds is 9. The van der Waals surface area contributed by atoms with E-state index in [4.69, 9.17) is 32.5 Å². The molecule has 8 rings (SSSR count). The predicted octanol–water partition coefficient (Wildman–Crippen LogP) is 7.33. The largest absolute Gasteiger partial charge is 0.481 e. The molecule has 1 aromatic heterocycles. The normalized spacial score (nSPS) is 28.4. The summed E-state index contributed by atoms with van der Waals surface area (Å²) in [6, 6.07) is 7.54. The van der Waals surface area contributed by atoms with Gasteiger partial charge in [-0.05, 0) is 86.3 Å². The lowest BCUT2D eigenvalue weighted by Gasteiger charge is -2.63. The zero-order chi connectivity index (χ0) is 39.0. The summed E-state index contributed by atoms with van der Waals surface area (Å²) in [7, 11) is -0.707. The molecule has 0 spiro atoms. The number of benzene rings is 2. The average molecular weight is 789 g/mol. The molecule has 11 nitrogen and oxygen atoms in total. The number of hydrogen-bond donors (Lipinski definition) is 4. The molecule has 5 aliphatic rings. The smallest absolute Gasteiger partial charge is 0.404 e. The molecule has 288 valence electrons. The number of halogens is 5. The lowest BCUT2D eigenvalue weighted by Crippen LogP contribution is -2.63. The molecule has 2 unspecified atom stereocenters. The maximum absolute atomic E-state index is 14.3. The molecule has 3 saturated carbocycles. The Morgan fingerprint density at radius 3 is 2.54 bits per heavy atom. The van der Waals surface area contributed by atoms with Crippen LogP contribution >= 0.6 is 23.2 Å². The third kappa shape index (κ3) is 6.86. The molecule has 3 aromatic rings. The van der Waals surface area contributed by atoms with Crippen LogP contribution < -0.4 is 26.8 Å². The number of amides is 3. The number of anilines is 2. The van der Waals surface area contributed by atoms with Crippen molar-refractivity contribution in [2.24, 2.45) is 17.3 Å². The Bertz CT molecular complexity index is 2050. The number of fused-ring (bicyclic) bond motifs is 1. The summed E-state index contributed by atoms with van der Waals surface area (Å²) in [6.07, 6.45) is -1.02. The fourth-order valence-corrected chi connectivity index (χ4v) is 9.07. The second-order valence-corrected chi connectivity index (χ2v) is 16.7. The van der Waals surface area contributed by atoms with Gasteiger partial charge >= 0.3 is 19.3 Å². The molecule has 3 heterocycles. The van der Waals surface area contributed by atoms with Crippen LogP contribution in [0.2, 0.25) is 10.0 Å². The van der Waals surface area contributed by atoms with Crippen LogP contribution in [0.3, 0.4) is 0 Å². The molecule has 3 aliphatic carbocycles. The lowest BCUT2D eigenvalue weighted by molar-refractivity contribution is -0.185. The van der Waals surface area contributed by atoms with Gasteiger partial charge in [0.25, 0.3) is 5.56 Å². The molecule has 2 aliphatic heterocycles. The first-order chi connectivity index (χ1) is 25.3. The van der Waals surface area contributed by atoms with E-state index in [9.17, 15) is 27.6 Å². The Balaban J connectivity index is 1.15. The van der Waals surface area contributed by atoms with Gasteiger partial charge in [-0.1, -0.05) is 56.1 Å². The Morgan fingerprint density at radius 1 is 1.09 bits per heavy atom. The number of aromatic nitrogens is 2. The van der Waals surface area contributed by atoms with E-state index in [-0.39, 0.29) is 46.6 Å². The van der Waals surface area contributed by atoms with Crippen LogP contribution in [-0.4, -0.2) is 46.3 Å². The van der Waals surface area contributed by atoms with Crippen molar-refractivity contribution in [3.05, 3.63) is 86.0 Å². The summed E-state index contributed by atoms with van der Waals surface area (Å²) in [5, 5.41) is 12.1. The first kappa shape index (κ1) is 38.5. The van der Waals surface area contributed by atoms with Crippen LogP contribution in [0.4, 0.5) is 29.3 Å². The topological polar surface area (TPSA) is 136 Å². The number of alkyl halides is 3. The number of urea groups is 1. The Labute approximate surface area is 321 Å². The Kier molecular flexibility index (Phi) is 9.80. The number of hydrogen-bond acceptors (Lipinski definition) is 7. The molecule has 3 amide bonds. The van der Waals surface area contributed by atoms with E-state index in [1.807, 2.05) is 6.92 Å². The van der Waals surface area contributed by atoms with Crippen LogP contribution in [0.15, 0.2) is 53.5 Å². The fourth-order valence-electron chi connectivity index (χ4n) is 8.77. The van der Waals surface area contributed by atoms with Gasteiger partial charge in [-0.3, -0.25) is 14.2 Å². The lowest BCUT2D eigenvalue weighted by atomic mass is 9.45. The molecular formula is C37H42BCl2F3N6O5. The van der Waals surface area contributed by atoms with Gasteiger partial charge in [-0.15, -0.1) is 0 Å². The van der Waals surface area contributed by atoms with Crippen molar-refractivity contribution >= 4 is 53.6 Å². The molecule has 2 bridgehead atoms. The average Bonchev–Trinajstić information content (AvgIpc) is 3.62. The van der Waals surface area contributed by atoms with Gasteiger partial charge in [0.1, 0.15) is 17.6 Å². The minimum absolute atomic E-state index is 0.0356. The van der Waals surface area contributed by atoms with Crippen LogP contribution in [-0.2, 0) is 32.4 Å². The Hall–Kier alpha value is -3.79. The van der Waals surface area contributed by atoms with Gasteiger partial charge in [-0.25, -0.2) is 9.78 Å². The number of carbonyl (C=O) groups is 2. The highest BCUT2D eigenvalue weighted by molar-refractivity contribution is 6.48. The predicted molar refractivity (Wildman–Crippen MR) is 199 cm³/mol. The number of nitrogens with zero attached hydrogens (tertiary/aromatic N) is 2. The highest BCUT2D eigenvalue weighted by atomic mass is 35.5. The van der Waals surface area contributed by atoms with Crippen LogP contribution in [0.5, 0.6) is 0 Å². The maximum atomic E-state index is 14.3. The van der Waals surface area contributed by atoms with Gasteiger partial charge in [0.15, 0.2) is 0 Å². The molecule has 4 N–H and O–H groups in total. The van der Waals surface area contributed by atoms with Crippen LogP contribution in [0.1, 0.15) is 83.3 Å². The van der Waals surface area contributed by atoms with Crippen LogP contribution in [0, 0.1) is 17.3 Å². The minimum Gasteiger partial charge on any atom is -0.404 e. The summed E-state index contributed by atoms with van der Waals surface area (Å²) in [5.41, 5.74) is -2.50. The Morgan fingerprint density at radius 2 is 1.85 bits per heavy atom. The quantitative estimate of drug-likeness (QED) is 0.167. The van der Waals surface area contributed by atoms with Crippen LogP contribution in [0.25, 0.3) is 0 Å². The molecule has 7 atom stereocenters. The van der Waals surface area contributed by atoms with Crippen molar-refractivity contribution in [1.29, 1.82) is 0 Å². The van der Waals surface area contributed by atoms with Gasteiger partial charge in [0.2, 0.25) is 5.91 Å². The van der Waals surface area contributed by atoms with Crippen molar-refractivity contribution in [3.8, 4) is 0 Å². The van der Waals surface area contributed by atoms with Gasteiger partial charge in [-0.2, -0.15) is 13.2 Å². The van der Waals surface area contributed by atoms with Crippen molar-refractivity contribution in [2.75, 3.05) is 10.6 Å². The molecule has 17 heteroatoms. The molecule has 1 saturated heterocycles. The number of nitrogens with one attached hydrogen (secondary N) is 4. The second kappa shape index (κ2) is 13.8. The van der Waals surface area contributed by atoms with Gasteiger partial charge < -0.3 is 30.6 Å². The van der Waals surface area contributed by atoms with E-state index in [2.05, 4.69) is 47.0 Å². The van der Waals surface area contributed by atoms with Crippen molar-refractivity contribution in [3.63, 3.8) is 0 Å². The van der Waals surface area contributed by atoms with E-state index < -0.39 is 59.5 Å². The van der Waals surface area contributed by atoms with Crippen molar-refractivity contribution in [1.82, 2.24) is 20.2 Å². The zero-order valence-corrected chi connectivity index (χ0v) is 32.0. The van der Waals surface area contributed by atoms with Gasteiger partial charge in [0.05, 0.1) is 45.0 Å². The first-order valence-electron chi connectivity index (χ1n) is 18.0. The standard InChI is InChI=1S/C37H42BCl2F3N6O5/c1-6-28(38-53-29-23-13-21(34(23,2)3)15-36(29,5)54-38)47-30(50)27-16-35(4,48-33(52)46-22-10-11-24(39)25(40)14-22)32-45-18-26(31(51)49(27)32)44-17-19-8-7-9-20(12-19)37(41,42)43/h7-12,14,18,21,23,27-29,44H,6,13,15-17H2,1-5H3,(H,47,50)(H2,46,48,52)/t21?,23?,27-,28-,29+,35+,36-/m0/s1. The van der Waals surface area contributed by atoms with E-state index in [1.165, 1.54) is 35.0 Å². The third-order valence-electron chi connectivity index (χ3n) is 11.9. The number of carbonyl (C=O) groups excluding carboxylic acids is 2. The van der Waals surface area contributed by atoms with Gasteiger partial charge in [0, 0.05) is 18.7 Å². The summed E-state index contributed by atoms with van der Waals surface area (Å²) in [6.45, 7) is 10.1. The SMILES string of the molecule is CC[C@H](NC(=O)[C@@H]1C[C@@](C)(NC(=O)Nc2ccc(Cl)c(Cl)c2)c2ncc(NCc3cccc(C(F)(F)F)c3)c(=O)n21)B1O[C@@H]2C3CC(C[C@]2(C)O1)C3(C)C. The molecule has 0 radical (unpaired) electrons. The maximum Gasteiger partial charge on any atom is 0.481 e. The second-order valence-electron chi connectivity index (χ2n) is 15.9. The minimum atomic E-state index is -4.54.